The van der Waals surface area contributed by atoms with Gasteiger partial charge in [0, 0.05) is 19.1 Å². The minimum absolute atomic E-state index is 0.0290. The molecule has 2 unspecified atom stereocenters. The van der Waals surface area contributed by atoms with Crippen LogP contribution in [0.4, 0.5) is 8.78 Å². The molecule has 0 radical (unpaired) electrons. The minimum Gasteiger partial charge on any atom is -0.339 e. The number of carbonyl (C=O) groups is 1. The van der Waals surface area contributed by atoms with E-state index in [9.17, 15) is 13.6 Å². The SMILES string of the molecule is CN(C)C1C[C@@H]2CC(N(C)C(=O)c3cc(F)c(F)cc3Cl)C[C@@H]2C1. The fraction of sp³-hybridized carbons (Fsp3) is 0.611. The third kappa shape index (κ3) is 3.16. The zero-order chi connectivity index (χ0) is 17.6. The molecule has 0 aliphatic heterocycles. The van der Waals surface area contributed by atoms with Crippen LogP contribution < -0.4 is 0 Å². The number of hydrogen-bond acceptors (Lipinski definition) is 2. The van der Waals surface area contributed by atoms with Crippen molar-refractivity contribution in [2.75, 3.05) is 21.1 Å². The Labute approximate surface area is 146 Å². The summed E-state index contributed by atoms with van der Waals surface area (Å²) in [7, 11) is 5.96. The summed E-state index contributed by atoms with van der Waals surface area (Å²) in [4.78, 5) is 16.6. The van der Waals surface area contributed by atoms with Crippen molar-refractivity contribution in [3.8, 4) is 0 Å². The zero-order valence-electron chi connectivity index (χ0n) is 14.2. The van der Waals surface area contributed by atoms with E-state index < -0.39 is 11.6 Å². The van der Waals surface area contributed by atoms with Gasteiger partial charge in [0.2, 0.25) is 0 Å². The summed E-state index contributed by atoms with van der Waals surface area (Å²) in [5.74, 6) is -1.15. The number of nitrogens with zero attached hydrogens (tertiary/aromatic N) is 2. The fourth-order valence-electron chi connectivity index (χ4n) is 4.33. The summed E-state index contributed by atoms with van der Waals surface area (Å²) in [6.07, 6.45) is 4.28. The number of amides is 1. The van der Waals surface area contributed by atoms with E-state index in [1.54, 1.807) is 11.9 Å². The molecule has 1 amide bonds. The van der Waals surface area contributed by atoms with Crippen LogP contribution in [0.5, 0.6) is 0 Å². The minimum atomic E-state index is -1.05. The van der Waals surface area contributed by atoms with Gasteiger partial charge in [0.05, 0.1) is 10.6 Å². The Morgan fingerprint density at radius 1 is 1.00 bits per heavy atom. The first-order valence-corrected chi connectivity index (χ1v) is 8.73. The van der Waals surface area contributed by atoms with Crippen molar-refractivity contribution in [1.29, 1.82) is 0 Å². The quantitative estimate of drug-likeness (QED) is 0.769. The zero-order valence-corrected chi connectivity index (χ0v) is 15.0. The third-order valence-electron chi connectivity index (χ3n) is 5.80. The largest absolute Gasteiger partial charge is 0.339 e. The van der Waals surface area contributed by atoms with Crippen molar-refractivity contribution >= 4 is 17.5 Å². The second-order valence-electron chi connectivity index (χ2n) is 7.40. The highest BCUT2D eigenvalue weighted by Gasteiger charge is 2.44. The van der Waals surface area contributed by atoms with Gasteiger partial charge in [0.1, 0.15) is 0 Å². The van der Waals surface area contributed by atoms with Crippen molar-refractivity contribution in [1.82, 2.24) is 9.80 Å². The molecule has 0 aromatic heterocycles. The molecule has 1 aromatic rings. The summed E-state index contributed by atoms with van der Waals surface area (Å²) < 4.78 is 26.7. The summed E-state index contributed by atoms with van der Waals surface area (Å²) in [5, 5.41) is -0.0448. The molecule has 24 heavy (non-hydrogen) atoms. The van der Waals surface area contributed by atoms with Crippen molar-refractivity contribution < 1.29 is 13.6 Å². The van der Waals surface area contributed by atoms with Crippen LogP contribution in [0, 0.1) is 23.5 Å². The van der Waals surface area contributed by atoms with Crippen molar-refractivity contribution in [3.05, 3.63) is 34.4 Å². The van der Waals surface area contributed by atoms with E-state index in [1.165, 1.54) is 12.8 Å². The average Bonchev–Trinajstić information content (AvgIpc) is 3.08. The van der Waals surface area contributed by atoms with Crippen LogP contribution in [0.15, 0.2) is 12.1 Å². The molecule has 0 N–H and O–H groups in total. The average molecular weight is 357 g/mol. The Bertz CT molecular complexity index is 638. The van der Waals surface area contributed by atoms with Crippen LogP contribution in [0.25, 0.3) is 0 Å². The molecule has 6 heteroatoms. The van der Waals surface area contributed by atoms with Gasteiger partial charge < -0.3 is 9.80 Å². The molecule has 0 heterocycles. The predicted molar refractivity (Wildman–Crippen MR) is 90.2 cm³/mol. The van der Waals surface area contributed by atoms with Gasteiger partial charge in [0.25, 0.3) is 5.91 Å². The van der Waals surface area contributed by atoms with E-state index in [-0.39, 0.29) is 22.5 Å². The number of rotatable bonds is 3. The van der Waals surface area contributed by atoms with E-state index in [1.807, 2.05) is 0 Å². The Morgan fingerprint density at radius 2 is 1.50 bits per heavy atom. The molecule has 0 saturated heterocycles. The Hall–Kier alpha value is -1.20. The highest BCUT2D eigenvalue weighted by molar-refractivity contribution is 6.33. The van der Waals surface area contributed by atoms with Crippen LogP contribution in [0.3, 0.4) is 0 Å². The van der Waals surface area contributed by atoms with Crippen LogP contribution in [0.2, 0.25) is 5.02 Å². The molecule has 3 nitrogen and oxygen atoms in total. The van der Waals surface area contributed by atoms with E-state index >= 15 is 0 Å². The summed E-state index contributed by atoms with van der Waals surface area (Å²) in [6, 6.07) is 2.53. The molecule has 2 aliphatic carbocycles. The predicted octanol–water partition coefficient (Wildman–Crippen LogP) is 3.81. The van der Waals surface area contributed by atoms with E-state index in [0.717, 1.165) is 25.0 Å². The van der Waals surface area contributed by atoms with Crippen LogP contribution in [-0.2, 0) is 0 Å². The van der Waals surface area contributed by atoms with E-state index in [2.05, 4.69) is 19.0 Å². The maximum Gasteiger partial charge on any atom is 0.255 e. The molecule has 132 valence electrons. The van der Waals surface area contributed by atoms with Gasteiger partial charge in [-0.3, -0.25) is 4.79 Å². The van der Waals surface area contributed by atoms with Gasteiger partial charge >= 0.3 is 0 Å². The fourth-order valence-corrected chi connectivity index (χ4v) is 4.56. The Kier molecular flexibility index (Phi) is 4.85. The first-order chi connectivity index (χ1) is 11.3. The van der Waals surface area contributed by atoms with Crippen molar-refractivity contribution in [2.45, 2.75) is 37.8 Å². The lowest BCUT2D eigenvalue weighted by atomic mass is 10.0. The second-order valence-corrected chi connectivity index (χ2v) is 7.80. The molecule has 1 aromatic carbocycles. The van der Waals surface area contributed by atoms with Crippen LogP contribution in [-0.4, -0.2) is 48.9 Å². The van der Waals surface area contributed by atoms with Gasteiger partial charge in [0.15, 0.2) is 11.6 Å². The maximum absolute atomic E-state index is 13.5. The summed E-state index contributed by atoms with van der Waals surface area (Å²) in [6.45, 7) is 0. The first kappa shape index (κ1) is 17.6. The molecule has 2 fully saturated rings. The molecular weight excluding hydrogens is 334 g/mol. The molecule has 2 saturated carbocycles. The summed E-state index contributed by atoms with van der Waals surface area (Å²) in [5.41, 5.74) is 0.0290. The number of halogens is 3. The topological polar surface area (TPSA) is 23.6 Å². The van der Waals surface area contributed by atoms with Crippen LogP contribution >= 0.6 is 11.6 Å². The molecule has 4 atom stereocenters. The lowest BCUT2D eigenvalue weighted by Crippen LogP contribution is -2.36. The van der Waals surface area contributed by atoms with Crippen molar-refractivity contribution in [2.24, 2.45) is 11.8 Å². The number of benzene rings is 1. The van der Waals surface area contributed by atoms with Crippen molar-refractivity contribution in [3.63, 3.8) is 0 Å². The van der Waals surface area contributed by atoms with E-state index in [0.29, 0.717) is 17.9 Å². The highest BCUT2D eigenvalue weighted by atomic mass is 35.5. The van der Waals surface area contributed by atoms with Gasteiger partial charge in [-0.15, -0.1) is 0 Å². The molecule has 3 rings (SSSR count). The molecular formula is C18H23ClF2N2O. The number of carbonyl (C=O) groups excluding carboxylic acids is 1. The summed E-state index contributed by atoms with van der Waals surface area (Å²) >= 11 is 5.94. The lowest BCUT2D eigenvalue weighted by molar-refractivity contribution is 0.0726. The van der Waals surface area contributed by atoms with Crippen LogP contribution in [0.1, 0.15) is 36.0 Å². The Morgan fingerprint density at radius 3 is 2.04 bits per heavy atom. The standard InChI is InChI=1S/C18H23ClF2N2O/c1-22(2)12-4-10-6-13(7-11(10)5-12)23(3)18(24)14-8-16(20)17(21)9-15(14)19/h8-13H,4-7H2,1-3H3/t10-,11+,12?,13?. The smallest absolute Gasteiger partial charge is 0.255 e. The van der Waals surface area contributed by atoms with Gasteiger partial charge in [-0.25, -0.2) is 8.78 Å². The van der Waals surface area contributed by atoms with Gasteiger partial charge in [-0.05, 0) is 63.7 Å². The molecule has 2 aliphatic rings. The lowest BCUT2D eigenvalue weighted by Gasteiger charge is -2.27. The number of hydrogen-bond donors (Lipinski definition) is 0. The molecule has 0 spiro atoms. The third-order valence-corrected chi connectivity index (χ3v) is 6.12. The second kappa shape index (κ2) is 6.60. The first-order valence-electron chi connectivity index (χ1n) is 8.36. The van der Waals surface area contributed by atoms with Gasteiger partial charge in [-0.1, -0.05) is 11.6 Å². The maximum atomic E-state index is 13.5. The number of fused-ring (bicyclic) bond motifs is 1. The monoisotopic (exact) mass is 356 g/mol. The molecule has 0 bridgehead atoms. The Balaban J connectivity index is 1.69. The highest BCUT2D eigenvalue weighted by Crippen LogP contribution is 2.46. The van der Waals surface area contributed by atoms with Gasteiger partial charge in [-0.2, -0.15) is 0 Å². The van der Waals surface area contributed by atoms with E-state index in [4.69, 9.17) is 11.6 Å². The normalized spacial score (nSPS) is 29.1.